The topological polar surface area (TPSA) is 38.3 Å². The largest absolute Gasteiger partial charge is 0.494 e. The average Bonchev–Trinajstić information content (AvgIpc) is 2.36. The molecule has 0 aliphatic rings. The molecule has 1 amide bonds. The highest BCUT2D eigenvalue weighted by molar-refractivity contribution is 5.92. The standard InChI is InChI=1S/C15H20FNO2/c1-5-15(2,3)17-14(18)9-7-11-6-8-13(19-4)12(16)10-11/h6-10H,5H2,1-4H3,(H,17,18)/b9-7+. The minimum atomic E-state index is -0.445. The van der Waals surface area contributed by atoms with E-state index >= 15 is 0 Å². The highest BCUT2D eigenvalue weighted by Crippen LogP contribution is 2.18. The van der Waals surface area contributed by atoms with E-state index in [9.17, 15) is 9.18 Å². The van der Waals surface area contributed by atoms with Crippen molar-refractivity contribution in [3.05, 3.63) is 35.7 Å². The maximum absolute atomic E-state index is 13.4. The van der Waals surface area contributed by atoms with Gasteiger partial charge in [0.1, 0.15) is 0 Å². The van der Waals surface area contributed by atoms with Crippen molar-refractivity contribution in [1.82, 2.24) is 5.32 Å². The average molecular weight is 265 g/mol. The van der Waals surface area contributed by atoms with E-state index in [-0.39, 0.29) is 17.2 Å². The van der Waals surface area contributed by atoms with E-state index in [2.05, 4.69) is 5.32 Å². The number of benzene rings is 1. The Morgan fingerprint density at radius 2 is 2.16 bits per heavy atom. The maximum atomic E-state index is 13.4. The Kier molecular flexibility index (Phi) is 5.10. The van der Waals surface area contributed by atoms with Crippen LogP contribution < -0.4 is 10.1 Å². The minimum absolute atomic E-state index is 0.189. The Hall–Kier alpha value is -1.84. The van der Waals surface area contributed by atoms with Gasteiger partial charge < -0.3 is 10.1 Å². The molecule has 1 aromatic rings. The molecule has 3 nitrogen and oxygen atoms in total. The van der Waals surface area contributed by atoms with Crippen LogP contribution >= 0.6 is 0 Å². The molecule has 0 fully saturated rings. The van der Waals surface area contributed by atoms with Crippen molar-refractivity contribution in [2.75, 3.05) is 7.11 Å². The number of halogens is 1. The Balaban J connectivity index is 2.71. The summed E-state index contributed by atoms with van der Waals surface area (Å²) in [4.78, 5) is 11.7. The zero-order valence-corrected chi connectivity index (χ0v) is 11.8. The number of hydrogen-bond donors (Lipinski definition) is 1. The van der Waals surface area contributed by atoms with Crippen LogP contribution in [0.3, 0.4) is 0 Å². The van der Waals surface area contributed by atoms with Gasteiger partial charge in [0, 0.05) is 11.6 Å². The SMILES string of the molecule is CCC(C)(C)NC(=O)/C=C/c1ccc(OC)c(F)c1. The second kappa shape index (κ2) is 6.36. The summed E-state index contributed by atoms with van der Waals surface area (Å²) in [6, 6.07) is 4.55. The van der Waals surface area contributed by atoms with Crippen molar-refractivity contribution in [2.45, 2.75) is 32.7 Å². The quantitative estimate of drug-likeness (QED) is 0.830. The first-order valence-corrected chi connectivity index (χ1v) is 6.21. The number of hydrogen-bond acceptors (Lipinski definition) is 2. The van der Waals surface area contributed by atoms with E-state index in [0.717, 1.165) is 6.42 Å². The highest BCUT2D eigenvalue weighted by atomic mass is 19.1. The summed E-state index contributed by atoms with van der Waals surface area (Å²) in [6.07, 6.45) is 3.81. The molecule has 1 rings (SSSR count). The molecule has 0 unspecified atom stereocenters. The van der Waals surface area contributed by atoms with Crippen LogP contribution in [0.5, 0.6) is 5.75 Å². The molecule has 0 heterocycles. The van der Waals surface area contributed by atoms with Gasteiger partial charge in [0.05, 0.1) is 7.11 Å². The summed E-state index contributed by atoms with van der Waals surface area (Å²) in [5.41, 5.74) is 0.370. The molecule has 0 aliphatic carbocycles. The summed E-state index contributed by atoms with van der Waals surface area (Å²) in [5.74, 6) is -0.448. The first-order chi connectivity index (χ1) is 8.88. The lowest BCUT2D eigenvalue weighted by Crippen LogP contribution is -2.41. The van der Waals surface area contributed by atoms with E-state index in [1.165, 1.54) is 25.3 Å². The molecule has 0 spiro atoms. The number of carbonyl (C=O) groups excluding carboxylic acids is 1. The van der Waals surface area contributed by atoms with Crippen LogP contribution in [-0.4, -0.2) is 18.6 Å². The summed E-state index contributed by atoms with van der Waals surface area (Å²) in [7, 11) is 1.41. The third-order valence-electron chi connectivity index (χ3n) is 2.95. The second-order valence-corrected chi connectivity index (χ2v) is 4.95. The lowest BCUT2D eigenvalue weighted by molar-refractivity contribution is -0.117. The summed E-state index contributed by atoms with van der Waals surface area (Å²) >= 11 is 0. The van der Waals surface area contributed by atoms with Crippen LogP contribution in [0.4, 0.5) is 4.39 Å². The third kappa shape index (κ3) is 4.73. The van der Waals surface area contributed by atoms with Crippen LogP contribution in [0.15, 0.2) is 24.3 Å². The predicted octanol–water partition coefficient (Wildman–Crippen LogP) is 3.15. The van der Waals surface area contributed by atoms with E-state index in [4.69, 9.17) is 4.74 Å². The smallest absolute Gasteiger partial charge is 0.244 e. The number of methoxy groups -OCH3 is 1. The minimum Gasteiger partial charge on any atom is -0.494 e. The van der Waals surface area contributed by atoms with Gasteiger partial charge in [0.25, 0.3) is 0 Å². The summed E-state index contributed by atoms with van der Waals surface area (Å²) in [6.45, 7) is 5.90. The summed E-state index contributed by atoms with van der Waals surface area (Å²) in [5, 5.41) is 2.87. The molecule has 0 atom stereocenters. The maximum Gasteiger partial charge on any atom is 0.244 e. The normalized spacial score (nSPS) is 11.6. The molecular weight excluding hydrogens is 245 g/mol. The fourth-order valence-corrected chi connectivity index (χ4v) is 1.42. The fourth-order valence-electron chi connectivity index (χ4n) is 1.42. The number of nitrogens with one attached hydrogen (secondary N) is 1. The van der Waals surface area contributed by atoms with Gasteiger partial charge in [-0.1, -0.05) is 13.0 Å². The molecule has 0 saturated carbocycles. The zero-order valence-electron chi connectivity index (χ0n) is 11.8. The van der Waals surface area contributed by atoms with E-state index in [1.54, 1.807) is 12.1 Å². The van der Waals surface area contributed by atoms with Gasteiger partial charge >= 0.3 is 0 Å². The highest BCUT2D eigenvalue weighted by Gasteiger charge is 2.15. The van der Waals surface area contributed by atoms with Crippen molar-refractivity contribution in [2.24, 2.45) is 0 Å². The van der Waals surface area contributed by atoms with Crippen LogP contribution in [0.25, 0.3) is 6.08 Å². The van der Waals surface area contributed by atoms with Crippen LogP contribution in [0.2, 0.25) is 0 Å². The lowest BCUT2D eigenvalue weighted by atomic mass is 10.0. The summed E-state index contributed by atoms with van der Waals surface area (Å²) < 4.78 is 18.3. The van der Waals surface area contributed by atoms with Gasteiger partial charge in [-0.15, -0.1) is 0 Å². The molecular formula is C15H20FNO2. The Morgan fingerprint density at radius 3 is 2.68 bits per heavy atom. The molecule has 19 heavy (non-hydrogen) atoms. The second-order valence-electron chi connectivity index (χ2n) is 4.95. The van der Waals surface area contributed by atoms with Crippen molar-refractivity contribution in [1.29, 1.82) is 0 Å². The fraction of sp³-hybridized carbons (Fsp3) is 0.400. The van der Waals surface area contributed by atoms with Crippen LogP contribution in [0, 0.1) is 5.82 Å². The predicted molar refractivity (Wildman–Crippen MR) is 74.5 cm³/mol. The van der Waals surface area contributed by atoms with E-state index in [0.29, 0.717) is 5.56 Å². The van der Waals surface area contributed by atoms with Gasteiger partial charge in [-0.2, -0.15) is 0 Å². The van der Waals surface area contributed by atoms with E-state index < -0.39 is 5.82 Å². The van der Waals surface area contributed by atoms with Gasteiger partial charge in [-0.05, 0) is 44.0 Å². The molecule has 104 valence electrons. The number of rotatable bonds is 5. The van der Waals surface area contributed by atoms with Crippen LogP contribution in [0.1, 0.15) is 32.8 Å². The molecule has 0 saturated heterocycles. The Morgan fingerprint density at radius 1 is 1.47 bits per heavy atom. The van der Waals surface area contributed by atoms with E-state index in [1.807, 2.05) is 20.8 Å². The number of amides is 1. The van der Waals surface area contributed by atoms with Crippen molar-refractivity contribution >= 4 is 12.0 Å². The van der Waals surface area contributed by atoms with Crippen molar-refractivity contribution < 1.29 is 13.9 Å². The number of ether oxygens (including phenoxy) is 1. The molecule has 0 aromatic heterocycles. The van der Waals surface area contributed by atoms with Crippen molar-refractivity contribution in [3.8, 4) is 5.75 Å². The number of carbonyl (C=O) groups is 1. The molecule has 0 radical (unpaired) electrons. The van der Waals surface area contributed by atoms with Gasteiger partial charge in [-0.3, -0.25) is 4.79 Å². The Bertz CT molecular complexity index is 481. The first-order valence-electron chi connectivity index (χ1n) is 6.21. The van der Waals surface area contributed by atoms with Gasteiger partial charge in [-0.25, -0.2) is 4.39 Å². The zero-order chi connectivity index (χ0) is 14.5. The molecule has 0 aliphatic heterocycles. The first kappa shape index (κ1) is 15.2. The van der Waals surface area contributed by atoms with Gasteiger partial charge in [0.2, 0.25) is 5.91 Å². The van der Waals surface area contributed by atoms with Crippen molar-refractivity contribution in [3.63, 3.8) is 0 Å². The molecule has 1 N–H and O–H groups in total. The molecule has 0 bridgehead atoms. The molecule has 4 heteroatoms. The van der Waals surface area contributed by atoms with Gasteiger partial charge in [0.15, 0.2) is 11.6 Å². The van der Waals surface area contributed by atoms with Crippen LogP contribution in [-0.2, 0) is 4.79 Å². The lowest BCUT2D eigenvalue weighted by Gasteiger charge is -2.23. The Labute approximate surface area is 113 Å². The monoisotopic (exact) mass is 265 g/mol. The third-order valence-corrected chi connectivity index (χ3v) is 2.95. The molecule has 1 aromatic carbocycles.